The van der Waals surface area contributed by atoms with E-state index < -0.39 is 12.0 Å². The number of methoxy groups -OCH3 is 1. The fourth-order valence-corrected chi connectivity index (χ4v) is 2.62. The summed E-state index contributed by atoms with van der Waals surface area (Å²) in [6.45, 7) is 1.03. The molecule has 104 valence electrons. The SMILES string of the molecule is COc1c(CC(N)C(=O)O)ccc2c1CCCN2C. The lowest BCUT2D eigenvalue weighted by atomic mass is 9.95. The molecule has 0 amide bonds. The van der Waals surface area contributed by atoms with Crippen LogP contribution in [0.4, 0.5) is 5.69 Å². The van der Waals surface area contributed by atoms with Crippen molar-refractivity contribution in [2.75, 3.05) is 25.6 Å². The van der Waals surface area contributed by atoms with Crippen molar-refractivity contribution in [3.05, 3.63) is 23.3 Å². The van der Waals surface area contributed by atoms with Gasteiger partial charge >= 0.3 is 5.97 Å². The highest BCUT2D eigenvalue weighted by molar-refractivity contribution is 5.74. The van der Waals surface area contributed by atoms with Gasteiger partial charge in [-0.25, -0.2) is 0 Å². The Morgan fingerprint density at radius 1 is 1.58 bits per heavy atom. The van der Waals surface area contributed by atoms with Crippen molar-refractivity contribution in [2.24, 2.45) is 5.73 Å². The molecule has 0 aliphatic carbocycles. The molecule has 0 saturated heterocycles. The van der Waals surface area contributed by atoms with Crippen molar-refractivity contribution < 1.29 is 14.6 Å². The van der Waals surface area contributed by atoms with Gasteiger partial charge in [0.15, 0.2) is 0 Å². The van der Waals surface area contributed by atoms with Gasteiger partial charge in [0.1, 0.15) is 11.8 Å². The number of carboxylic acids is 1. The summed E-state index contributed by atoms with van der Waals surface area (Å²) in [5.74, 6) is -0.197. The molecule has 1 heterocycles. The van der Waals surface area contributed by atoms with Crippen LogP contribution < -0.4 is 15.4 Å². The summed E-state index contributed by atoms with van der Waals surface area (Å²) in [7, 11) is 3.68. The predicted octanol–water partition coefficient (Wildman–Crippen LogP) is 1.03. The van der Waals surface area contributed by atoms with Crippen molar-refractivity contribution in [1.82, 2.24) is 0 Å². The molecule has 19 heavy (non-hydrogen) atoms. The maximum atomic E-state index is 10.9. The molecule has 5 heteroatoms. The number of anilines is 1. The van der Waals surface area contributed by atoms with Crippen molar-refractivity contribution in [3.8, 4) is 5.75 Å². The van der Waals surface area contributed by atoms with Crippen LogP contribution in [0.1, 0.15) is 17.5 Å². The number of benzene rings is 1. The van der Waals surface area contributed by atoms with Crippen LogP contribution in [0.5, 0.6) is 5.75 Å². The van der Waals surface area contributed by atoms with Crippen molar-refractivity contribution in [3.63, 3.8) is 0 Å². The fourth-order valence-electron chi connectivity index (χ4n) is 2.62. The molecule has 1 unspecified atom stereocenters. The monoisotopic (exact) mass is 264 g/mol. The van der Waals surface area contributed by atoms with E-state index in [1.165, 1.54) is 0 Å². The number of rotatable bonds is 4. The Kier molecular flexibility index (Phi) is 3.95. The zero-order valence-corrected chi connectivity index (χ0v) is 11.3. The number of hydrogen-bond donors (Lipinski definition) is 2. The second-order valence-electron chi connectivity index (χ2n) is 4.93. The van der Waals surface area contributed by atoms with E-state index >= 15 is 0 Å². The molecule has 0 fully saturated rings. The van der Waals surface area contributed by atoms with E-state index in [-0.39, 0.29) is 6.42 Å². The van der Waals surface area contributed by atoms with Gasteiger partial charge in [-0.1, -0.05) is 6.07 Å². The van der Waals surface area contributed by atoms with Gasteiger partial charge in [0.25, 0.3) is 0 Å². The first-order valence-corrected chi connectivity index (χ1v) is 6.43. The third kappa shape index (κ3) is 2.66. The largest absolute Gasteiger partial charge is 0.496 e. The van der Waals surface area contributed by atoms with Gasteiger partial charge in [-0.3, -0.25) is 4.79 Å². The first-order valence-electron chi connectivity index (χ1n) is 6.43. The van der Waals surface area contributed by atoms with E-state index in [4.69, 9.17) is 15.6 Å². The van der Waals surface area contributed by atoms with Crippen LogP contribution >= 0.6 is 0 Å². The van der Waals surface area contributed by atoms with Crippen molar-refractivity contribution in [1.29, 1.82) is 0 Å². The quantitative estimate of drug-likeness (QED) is 0.849. The second kappa shape index (κ2) is 5.48. The lowest BCUT2D eigenvalue weighted by molar-refractivity contribution is -0.138. The smallest absolute Gasteiger partial charge is 0.320 e. The summed E-state index contributed by atoms with van der Waals surface area (Å²) >= 11 is 0. The highest BCUT2D eigenvalue weighted by atomic mass is 16.5. The average molecular weight is 264 g/mol. The first kappa shape index (κ1) is 13.7. The highest BCUT2D eigenvalue weighted by Crippen LogP contribution is 2.36. The molecule has 3 N–H and O–H groups in total. The number of nitrogens with two attached hydrogens (primary N) is 1. The molecular weight excluding hydrogens is 244 g/mol. The van der Waals surface area contributed by atoms with Gasteiger partial charge in [0, 0.05) is 31.3 Å². The van der Waals surface area contributed by atoms with Crippen LogP contribution in [0, 0.1) is 0 Å². The first-order chi connectivity index (χ1) is 9.04. The highest BCUT2D eigenvalue weighted by Gasteiger charge is 2.22. The van der Waals surface area contributed by atoms with E-state index in [1.54, 1.807) is 7.11 Å². The minimum atomic E-state index is -0.989. The molecule has 2 rings (SSSR count). The molecule has 1 aliphatic heterocycles. The van der Waals surface area contributed by atoms with Crippen LogP contribution in [0.15, 0.2) is 12.1 Å². The van der Waals surface area contributed by atoms with Gasteiger partial charge < -0.3 is 20.5 Å². The Hall–Kier alpha value is -1.75. The summed E-state index contributed by atoms with van der Waals surface area (Å²) in [4.78, 5) is 13.1. The van der Waals surface area contributed by atoms with Crippen molar-refractivity contribution in [2.45, 2.75) is 25.3 Å². The van der Waals surface area contributed by atoms with Crippen LogP contribution in [-0.2, 0) is 17.6 Å². The lowest BCUT2D eigenvalue weighted by Gasteiger charge is -2.29. The Labute approximate surface area is 113 Å². The number of aliphatic carboxylic acids is 1. The number of carbonyl (C=O) groups is 1. The fraction of sp³-hybridized carbons (Fsp3) is 0.500. The van der Waals surface area contributed by atoms with Crippen molar-refractivity contribution >= 4 is 11.7 Å². The Morgan fingerprint density at radius 2 is 2.32 bits per heavy atom. The summed E-state index contributed by atoms with van der Waals surface area (Å²) in [6.07, 6.45) is 2.32. The molecule has 0 aromatic heterocycles. The molecule has 0 spiro atoms. The number of fused-ring (bicyclic) bond motifs is 1. The van der Waals surface area contributed by atoms with Gasteiger partial charge in [-0.2, -0.15) is 0 Å². The number of nitrogens with zero attached hydrogens (tertiary/aromatic N) is 1. The molecule has 0 saturated carbocycles. The zero-order chi connectivity index (χ0) is 14.0. The molecule has 0 radical (unpaired) electrons. The maximum Gasteiger partial charge on any atom is 0.320 e. The van der Waals surface area contributed by atoms with Gasteiger partial charge in [-0.05, 0) is 24.5 Å². The van der Waals surface area contributed by atoms with E-state index in [2.05, 4.69) is 11.9 Å². The molecule has 1 aromatic carbocycles. The lowest BCUT2D eigenvalue weighted by Crippen LogP contribution is -2.32. The van der Waals surface area contributed by atoms with E-state index in [1.807, 2.05) is 12.1 Å². The summed E-state index contributed by atoms with van der Waals surface area (Å²) in [5, 5.41) is 8.91. The Bertz CT molecular complexity index is 488. The third-order valence-corrected chi connectivity index (χ3v) is 3.61. The molecule has 0 bridgehead atoms. The standard InChI is InChI=1S/C14H20N2O3/c1-16-7-3-4-10-12(16)6-5-9(13(10)19-2)8-11(15)14(17)18/h5-6,11H,3-4,7-8,15H2,1-2H3,(H,17,18). The average Bonchev–Trinajstić information content (AvgIpc) is 2.38. The minimum Gasteiger partial charge on any atom is -0.496 e. The van der Waals surface area contributed by atoms with E-state index in [0.29, 0.717) is 0 Å². The molecule has 1 aliphatic rings. The number of carboxylic acid groups (broad SMARTS) is 1. The summed E-state index contributed by atoms with van der Waals surface area (Å²) < 4.78 is 5.50. The van der Waals surface area contributed by atoms with Crippen LogP contribution in [0.25, 0.3) is 0 Å². The zero-order valence-electron chi connectivity index (χ0n) is 11.3. The van der Waals surface area contributed by atoms with Crippen LogP contribution in [0.3, 0.4) is 0 Å². The van der Waals surface area contributed by atoms with Crippen LogP contribution in [0.2, 0.25) is 0 Å². The Balaban J connectivity index is 2.38. The van der Waals surface area contributed by atoms with E-state index in [9.17, 15) is 4.79 Å². The van der Waals surface area contributed by atoms with Crippen LogP contribution in [-0.4, -0.2) is 37.8 Å². The second-order valence-corrected chi connectivity index (χ2v) is 4.93. The molecular formula is C14H20N2O3. The predicted molar refractivity (Wildman–Crippen MR) is 73.9 cm³/mol. The summed E-state index contributed by atoms with van der Waals surface area (Å²) in [6, 6.07) is 3.05. The number of ether oxygens (including phenoxy) is 1. The number of hydrogen-bond acceptors (Lipinski definition) is 4. The van der Waals surface area contributed by atoms with Gasteiger partial charge in [0.2, 0.25) is 0 Å². The molecule has 5 nitrogen and oxygen atoms in total. The summed E-state index contributed by atoms with van der Waals surface area (Å²) in [5.41, 5.74) is 8.80. The van der Waals surface area contributed by atoms with Gasteiger partial charge in [0.05, 0.1) is 7.11 Å². The van der Waals surface area contributed by atoms with E-state index in [0.717, 1.165) is 42.0 Å². The minimum absolute atomic E-state index is 0.287. The Morgan fingerprint density at radius 3 is 2.95 bits per heavy atom. The maximum absolute atomic E-state index is 10.9. The molecule has 1 aromatic rings. The molecule has 1 atom stereocenters. The third-order valence-electron chi connectivity index (χ3n) is 3.61. The van der Waals surface area contributed by atoms with Gasteiger partial charge in [-0.15, -0.1) is 0 Å². The normalized spacial score (nSPS) is 15.8. The topological polar surface area (TPSA) is 75.8 Å².